The van der Waals surface area contributed by atoms with Crippen LogP contribution in [0.3, 0.4) is 0 Å². The van der Waals surface area contributed by atoms with Gasteiger partial charge in [-0.05, 0) is 72.9 Å². The van der Waals surface area contributed by atoms with Crippen LogP contribution in [0.2, 0.25) is 0 Å². The van der Waals surface area contributed by atoms with Crippen LogP contribution < -0.4 is 14.8 Å². The summed E-state index contributed by atoms with van der Waals surface area (Å²) in [5.41, 5.74) is 2.28. The van der Waals surface area contributed by atoms with E-state index in [4.69, 9.17) is 14.2 Å². The predicted octanol–water partition coefficient (Wildman–Crippen LogP) is 5.33. The number of nitrogens with one attached hydrogen (secondary N) is 1. The van der Waals surface area contributed by atoms with Crippen LogP contribution in [0, 0.1) is 0 Å². The Hall–Kier alpha value is -1.56. The maximum atomic E-state index is 6.03. The molecule has 0 saturated heterocycles. The SMILES string of the molecule is CCOc1cc(CNCCCOC(C)C)cc(Br)c1OCc1ccccc1. The molecule has 0 heterocycles. The second-order valence-corrected chi connectivity index (χ2v) is 7.42. The van der Waals surface area contributed by atoms with Crippen LogP contribution in [0.25, 0.3) is 0 Å². The van der Waals surface area contributed by atoms with Gasteiger partial charge in [0.1, 0.15) is 6.61 Å². The summed E-state index contributed by atoms with van der Waals surface area (Å²) >= 11 is 3.64. The molecule has 0 saturated carbocycles. The third kappa shape index (κ3) is 7.91. The summed E-state index contributed by atoms with van der Waals surface area (Å²) in [7, 11) is 0. The van der Waals surface area contributed by atoms with Crippen molar-refractivity contribution in [1.29, 1.82) is 0 Å². The maximum absolute atomic E-state index is 6.03. The van der Waals surface area contributed by atoms with Gasteiger partial charge >= 0.3 is 0 Å². The van der Waals surface area contributed by atoms with Gasteiger partial charge in [0.2, 0.25) is 0 Å². The van der Waals surface area contributed by atoms with Crippen LogP contribution >= 0.6 is 15.9 Å². The van der Waals surface area contributed by atoms with Crippen molar-refractivity contribution in [3.05, 3.63) is 58.1 Å². The van der Waals surface area contributed by atoms with E-state index in [1.807, 2.05) is 31.2 Å². The molecule has 0 atom stereocenters. The highest BCUT2D eigenvalue weighted by atomic mass is 79.9. The first-order valence-corrected chi connectivity index (χ1v) is 10.3. The molecule has 2 rings (SSSR count). The molecule has 0 fully saturated rings. The van der Waals surface area contributed by atoms with E-state index in [9.17, 15) is 0 Å². The number of rotatable bonds is 12. The van der Waals surface area contributed by atoms with Crippen molar-refractivity contribution in [2.24, 2.45) is 0 Å². The molecule has 0 aromatic heterocycles. The predicted molar refractivity (Wildman–Crippen MR) is 113 cm³/mol. The topological polar surface area (TPSA) is 39.7 Å². The van der Waals surface area contributed by atoms with Crippen LogP contribution in [0.15, 0.2) is 46.9 Å². The molecule has 0 unspecified atom stereocenters. The Morgan fingerprint density at radius 2 is 1.81 bits per heavy atom. The molecule has 148 valence electrons. The van der Waals surface area contributed by atoms with Gasteiger partial charge in [0.15, 0.2) is 11.5 Å². The summed E-state index contributed by atoms with van der Waals surface area (Å²) in [6, 6.07) is 14.3. The van der Waals surface area contributed by atoms with Crippen LogP contribution in [0.5, 0.6) is 11.5 Å². The lowest BCUT2D eigenvalue weighted by Crippen LogP contribution is -2.17. The van der Waals surface area contributed by atoms with Gasteiger partial charge in [0.05, 0.1) is 17.2 Å². The van der Waals surface area contributed by atoms with E-state index in [1.54, 1.807) is 0 Å². The van der Waals surface area contributed by atoms with Gasteiger partial charge in [-0.3, -0.25) is 0 Å². The van der Waals surface area contributed by atoms with Gasteiger partial charge < -0.3 is 19.5 Å². The zero-order valence-corrected chi connectivity index (χ0v) is 18.1. The fourth-order valence-corrected chi connectivity index (χ4v) is 3.21. The molecule has 4 nitrogen and oxygen atoms in total. The normalized spacial score (nSPS) is 11.0. The molecule has 1 N–H and O–H groups in total. The number of hydrogen-bond acceptors (Lipinski definition) is 4. The Balaban J connectivity index is 1.93. The number of halogens is 1. The molecule has 0 aliphatic rings. The van der Waals surface area contributed by atoms with E-state index in [-0.39, 0.29) is 6.10 Å². The number of hydrogen-bond donors (Lipinski definition) is 1. The van der Waals surface area contributed by atoms with E-state index in [1.165, 1.54) is 0 Å². The highest BCUT2D eigenvalue weighted by Crippen LogP contribution is 2.37. The van der Waals surface area contributed by atoms with E-state index >= 15 is 0 Å². The standard InChI is InChI=1S/C22H30BrNO3/c1-4-25-21-14-19(15-24-11-8-12-26-17(2)3)13-20(23)22(21)27-16-18-9-6-5-7-10-18/h5-7,9-10,13-14,17,24H,4,8,11-12,15-16H2,1-3H3. The molecule has 0 spiro atoms. The van der Waals surface area contributed by atoms with Gasteiger partial charge in [-0.1, -0.05) is 30.3 Å². The van der Waals surface area contributed by atoms with Crippen LogP contribution in [-0.2, 0) is 17.9 Å². The van der Waals surface area contributed by atoms with Crippen molar-refractivity contribution in [3.63, 3.8) is 0 Å². The van der Waals surface area contributed by atoms with E-state index in [0.717, 1.165) is 53.2 Å². The van der Waals surface area contributed by atoms with Gasteiger partial charge in [0, 0.05) is 13.2 Å². The summed E-state index contributed by atoms with van der Waals surface area (Å²) in [6.07, 6.45) is 1.29. The molecule has 0 aliphatic carbocycles. The highest BCUT2D eigenvalue weighted by Gasteiger charge is 2.12. The van der Waals surface area contributed by atoms with Gasteiger partial charge in [-0.25, -0.2) is 0 Å². The minimum Gasteiger partial charge on any atom is -0.490 e. The van der Waals surface area contributed by atoms with Crippen LogP contribution in [0.1, 0.15) is 38.3 Å². The van der Waals surface area contributed by atoms with Gasteiger partial charge in [0.25, 0.3) is 0 Å². The lowest BCUT2D eigenvalue weighted by atomic mass is 10.2. The summed E-state index contributed by atoms with van der Waals surface area (Å²) < 4.78 is 18.3. The largest absolute Gasteiger partial charge is 0.490 e. The first kappa shape index (κ1) is 21.7. The van der Waals surface area contributed by atoms with Crippen LogP contribution in [0.4, 0.5) is 0 Å². The summed E-state index contributed by atoms with van der Waals surface area (Å²) in [5, 5.41) is 3.45. The first-order valence-electron chi connectivity index (χ1n) is 9.54. The lowest BCUT2D eigenvalue weighted by molar-refractivity contribution is 0.0770. The minimum atomic E-state index is 0.290. The van der Waals surface area contributed by atoms with E-state index in [2.05, 4.69) is 53.3 Å². The van der Waals surface area contributed by atoms with Crippen molar-refractivity contribution < 1.29 is 14.2 Å². The molecule has 0 radical (unpaired) electrons. The molecule has 5 heteroatoms. The minimum absolute atomic E-state index is 0.290. The Kier molecular flexibility index (Phi) is 9.67. The van der Waals surface area contributed by atoms with E-state index < -0.39 is 0 Å². The van der Waals surface area contributed by atoms with Gasteiger partial charge in [-0.2, -0.15) is 0 Å². The molecule has 2 aromatic rings. The smallest absolute Gasteiger partial charge is 0.175 e. The van der Waals surface area contributed by atoms with Crippen molar-refractivity contribution in [2.45, 2.75) is 46.4 Å². The van der Waals surface area contributed by atoms with Crippen molar-refractivity contribution in [1.82, 2.24) is 5.32 Å². The molecular weight excluding hydrogens is 406 g/mol. The summed E-state index contributed by atoms with van der Waals surface area (Å²) in [6.45, 7) is 9.67. The molecule has 0 amide bonds. The molecule has 0 bridgehead atoms. The van der Waals surface area contributed by atoms with Crippen molar-refractivity contribution in [2.75, 3.05) is 19.8 Å². The average molecular weight is 436 g/mol. The Morgan fingerprint density at radius 3 is 2.52 bits per heavy atom. The first-order chi connectivity index (χ1) is 13.1. The summed E-state index contributed by atoms with van der Waals surface area (Å²) in [4.78, 5) is 0. The number of ether oxygens (including phenoxy) is 3. The maximum Gasteiger partial charge on any atom is 0.175 e. The zero-order valence-electron chi connectivity index (χ0n) is 16.5. The average Bonchev–Trinajstić information content (AvgIpc) is 2.65. The Morgan fingerprint density at radius 1 is 1.04 bits per heavy atom. The molecule has 0 aliphatic heterocycles. The molecule has 2 aromatic carbocycles. The molecular formula is C22H30BrNO3. The van der Waals surface area contributed by atoms with Crippen molar-refractivity contribution in [3.8, 4) is 11.5 Å². The van der Waals surface area contributed by atoms with E-state index in [0.29, 0.717) is 13.2 Å². The Labute approximate surface area is 171 Å². The summed E-state index contributed by atoms with van der Waals surface area (Å²) in [5.74, 6) is 1.51. The second kappa shape index (κ2) is 12.0. The van der Waals surface area contributed by atoms with Crippen LogP contribution in [-0.4, -0.2) is 25.9 Å². The quantitative estimate of drug-likeness (QED) is 0.457. The van der Waals surface area contributed by atoms with Gasteiger partial charge in [-0.15, -0.1) is 0 Å². The fraction of sp³-hybridized carbons (Fsp3) is 0.455. The zero-order chi connectivity index (χ0) is 19.5. The monoisotopic (exact) mass is 435 g/mol. The molecule has 27 heavy (non-hydrogen) atoms. The second-order valence-electron chi connectivity index (χ2n) is 6.56. The Bertz CT molecular complexity index is 677. The highest BCUT2D eigenvalue weighted by molar-refractivity contribution is 9.10. The fourth-order valence-electron chi connectivity index (χ4n) is 2.61. The third-order valence-electron chi connectivity index (χ3n) is 3.87. The lowest BCUT2D eigenvalue weighted by Gasteiger charge is -2.16. The third-order valence-corrected chi connectivity index (χ3v) is 4.46. The van der Waals surface area contributed by atoms with Crippen molar-refractivity contribution >= 4 is 15.9 Å². The number of benzene rings is 2.